The molecule has 0 aromatic heterocycles. The first-order valence-electron chi connectivity index (χ1n) is 7.77. The van der Waals surface area contributed by atoms with Crippen molar-refractivity contribution in [2.24, 2.45) is 0 Å². The lowest BCUT2D eigenvalue weighted by Gasteiger charge is -2.21. The summed E-state index contributed by atoms with van der Waals surface area (Å²) in [6.07, 6.45) is -5.91. The average Bonchev–Trinajstić information content (AvgIpc) is 2.61. The van der Waals surface area contributed by atoms with Gasteiger partial charge < -0.3 is 14.8 Å². The third kappa shape index (κ3) is 6.22. The van der Waals surface area contributed by atoms with Gasteiger partial charge in [-0.2, -0.15) is 5.26 Å². The second kappa shape index (κ2) is 9.04. The fraction of sp³-hybridized carbons (Fsp3) is 0.222. The molecule has 5 nitrogen and oxygen atoms in total. The largest absolute Gasteiger partial charge is 0.573 e. The van der Waals surface area contributed by atoms with Crippen LogP contribution in [-0.2, 0) is 0 Å². The third-order valence-electron chi connectivity index (χ3n) is 3.44. The van der Waals surface area contributed by atoms with Crippen LogP contribution in [0, 0.1) is 11.3 Å². The number of hydrogen-bond acceptors (Lipinski definition) is 4. The number of nitriles is 1. The molecule has 0 aliphatic carbocycles. The Balaban J connectivity index is 2.03. The highest BCUT2D eigenvalue weighted by atomic mass is 35.5. The zero-order chi connectivity index (χ0) is 20.9. The van der Waals surface area contributed by atoms with E-state index in [4.69, 9.17) is 27.9 Å². The van der Waals surface area contributed by atoms with Crippen LogP contribution in [0.15, 0.2) is 42.5 Å². The molecule has 2 rings (SSSR count). The molecule has 0 saturated heterocycles. The number of nitrogens with zero attached hydrogens (tertiary/aromatic N) is 1. The quantitative estimate of drug-likeness (QED) is 0.698. The van der Waals surface area contributed by atoms with Crippen molar-refractivity contribution in [2.75, 3.05) is 0 Å². The minimum Gasteiger partial charge on any atom is -0.472 e. The number of carbonyl (C=O) groups is 1. The first-order chi connectivity index (χ1) is 13.1. The van der Waals surface area contributed by atoms with Gasteiger partial charge in [-0.25, -0.2) is 0 Å². The van der Waals surface area contributed by atoms with Gasteiger partial charge in [-0.3, -0.25) is 4.79 Å². The Bertz CT molecular complexity index is 883. The topological polar surface area (TPSA) is 71.3 Å². The van der Waals surface area contributed by atoms with Crippen LogP contribution in [0.5, 0.6) is 11.5 Å². The molecular weight excluding hydrogens is 420 g/mol. The van der Waals surface area contributed by atoms with Crippen molar-refractivity contribution < 1.29 is 27.4 Å². The van der Waals surface area contributed by atoms with E-state index >= 15 is 0 Å². The first-order valence-corrected chi connectivity index (χ1v) is 8.52. The van der Waals surface area contributed by atoms with Crippen LogP contribution in [0.3, 0.4) is 0 Å². The van der Waals surface area contributed by atoms with E-state index in [0.717, 1.165) is 12.1 Å². The molecule has 0 radical (unpaired) electrons. The minimum atomic E-state index is -4.82. The Morgan fingerprint density at radius 1 is 1.18 bits per heavy atom. The normalized spacial score (nSPS) is 13.2. The summed E-state index contributed by atoms with van der Waals surface area (Å²) >= 11 is 11.9. The van der Waals surface area contributed by atoms with Crippen LogP contribution >= 0.6 is 23.2 Å². The number of halogens is 5. The molecule has 10 heteroatoms. The van der Waals surface area contributed by atoms with Gasteiger partial charge >= 0.3 is 6.36 Å². The molecule has 2 aromatic carbocycles. The van der Waals surface area contributed by atoms with Gasteiger partial charge in [-0.15, -0.1) is 13.2 Å². The number of amides is 1. The molecule has 0 aliphatic rings. The van der Waals surface area contributed by atoms with Gasteiger partial charge in [0.1, 0.15) is 17.6 Å². The Morgan fingerprint density at radius 3 is 2.39 bits per heavy atom. The van der Waals surface area contributed by atoms with Crippen LogP contribution in [-0.4, -0.2) is 24.4 Å². The number of alkyl halides is 3. The highest BCUT2D eigenvalue weighted by Gasteiger charge is 2.31. The number of benzene rings is 2. The molecule has 0 aliphatic heterocycles. The van der Waals surface area contributed by atoms with Crippen LogP contribution in [0.25, 0.3) is 0 Å². The maximum absolute atomic E-state index is 12.3. The Kier molecular flexibility index (Phi) is 7.00. The number of carbonyl (C=O) groups excluding carboxylic acids is 1. The van der Waals surface area contributed by atoms with Crippen molar-refractivity contribution in [1.29, 1.82) is 5.26 Å². The Morgan fingerprint density at radius 2 is 1.82 bits per heavy atom. The number of ether oxygens (including phenoxy) is 2. The van der Waals surface area contributed by atoms with Gasteiger partial charge in [-0.05, 0) is 43.3 Å². The molecule has 0 fully saturated rings. The van der Waals surface area contributed by atoms with E-state index in [2.05, 4.69) is 10.1 Å². The van der Waals surface area contributed by atoms with Crippen LogP contribution in [0.4, 0.5) is 13.2 Å². The monoisotopic (exact) mass is 432 g/mol. The van der Waals surface area contributed by atoms with Crippen molar-refractivity contribution in [2.45, 2.75) is 25.4 Å². The standard InChI is InChI=1S/C18H13Cl2F3N2O3/c1-10(16(9-24)27-15-8-12(19)4-7-14(15)20)25-17(26)11-2-5-13(6-3-11)28-18(21,22)23/h2-8,10,16H,1H3,(H,25,26). The molecule has 2 unspecified atom stereocenters. The lowest BCUT2D eigenvalue weighted by Crippen LogP contribution is -2.43. The molecule has 0 saturated carbocycles. The molecule has 2 atom stereocenters. The van der Waals surface area contributed by atoms with E-state index < -0.39 is 30.2 Å². The average molecular weight is 433 g/mol. The SMILES string of the molecule is CC(NC(=O)c1ccc(OC(F)(F)F)cc1)C(C#N)Oc1cc(Cl)ccc1Cl. The van der Waals surface area contributed by atoms with Gasteiger partial charge in [0.25, 0.3) is 5.91 Å². The predicted molar refractivity (Wildman–Crippen MR) is 96.5 cm³/mol. The van der Waals surface area contributed by atoms with E-state index in [0.29, 0.717) is 5.02 Å². The number of rotatable bonds is 6. The molecule has 148 valence electrons. The molecule has 2 aromatic rings. The van der Waals surface area contributed by atoms with Crippen molar-refractivity contribution >= 4 is 29.1 Å². The summed E-state index contributed by atoms with van der Waals surface area (Å²) in [6.45, 7) is 1.53. The van der Waals surface area contributed by atoms with Gasteiger partial charge in [0, 0.05) is 16.7 Å². The molecule has 28 heavy (non-hydrogen) atoms. The summed E-state index contributed by atoms with van der Waals surface area (Å²) < 4.78 is 45.8. The highest BCUT2D eigenvalue weighted by Crippen LogP contribution is 2.29. The zero-order valence-electron chi connectivity index (χ0n) is 14.3. The molecule has 0 spiro atoms. The number of hydrogen-bond donors (Lipinski definition) is 1. The third-order valence-corrected chi connectivity index (χ3v) is 3.98. The summed E-state index contributed by atoms with van der Waals surface area (Å²) in [6, 6.07) is 9.98. The summed E-state index contributed by atoms with van der Waals surface area (Å²) in [7, 11) is 0. The molecular formula is C18H13Cl2F3N2O3. The number of nitrogens with one attached hydrogen (secondary N) is 1. The van der Waals surface area contributed by atoms with E-state index in [1.165, 1.54) is 31.2 Å². The summed E-state index contributed by atoms with van der Waals surface area (Å²) in [5.41, 5.74) is 0.0823. The van der Waals surface area contributed by atoms with Crippen LogP contribution in [0.1, 0.15) is 17.3 Å². The van der Waals surface area contributed by atoms with E-state index in [1.54, 1.807) is 6.07 Å². The van der Waals surface area contributed by atoms with Gasteiger partial charge in [0.15, 0.2) is 0 Å². The highest BCUT2D eigenvalue weighted by molar-refractivity contribution is 6.34. The molecule has 0 bridgehead atoms. The van der Waals surface area contributed by atoms with E-state index in [1.807, 2.05) is 6.07 Å². The van der Waals surface area contributed by atoms with Crippen molar-refractivity contribution in [3.05, 3.63) is 58.1 Å². The lowest BCUT2D eigenvalue weighted by atomic mass is 10.1. The van der Waals surface area contributed by atoms with E-state index in [9.17, 15) is 23.2 Å². The predicted octanol–water partition coefficient (Wildman–Crippen LogP) is 4.98. The second-order valence-electron chi connectivity index (χ2n) is 5.58. The van der Waals surface area contributed by atoms with Gasteiger partial charge in [0.05, 0.1) is 11.1 Å². The van der Waals surface area contributed by atoms with Crippen molar-refractivity contribution in [3.63, 3.8) is 0 Å². The fourth-order valence-corrected chi connectivity index (χ4v) is 2.44. The van der Waals surface area contributed by atoms with Crippen molar-refractivity contribution in [1.82, 2.24) is 5.32 Å². The maximum atomic E-state index is 12.3. The lowest BCUT2D eigenvalue weighted by molar-refractivity contribution is -0.274. The maximum Gasteiger partial charge on any atom is 0.573 e. The summed E-state index contributed by atoms with van der Waals surface area (Å²) in [5, 5.41) is 12.5. The smallest absolute Gasteiger partial charge is 0.472 e. The zero-order valence-corrected chi connectivity index (χ0v) is 15.8. The molecule has 1 amide bonds. The van der Waals surface area contributed by atoms with Crippen LogP contribution in [0.2, 0.25) is 10.0 Å². The molecule has 1 N–H and O–H groups in total. The fourth-order valence-electron chi connectivity index (χ4n) is 2.12. The van der Waals surface area contributed by atoms with Gasteiger partial charge in [-0.1, -0.05) is 23.2 Å². The second-order valence-corrected chi connectivity index (χ2v) is 6.42. The minimum absolute atomic E-state index is 0.0823. The van der Waals surface area contributed by atoms with Gasteiger partial charge in [0.2, 0.25) is 6.10 Å². The van der Waals surface area contributed by atoms with E-state index in [-0.39, 0.29) is 16.3 Å². The summed E-state index contributed by atoms with van der Waals surface area (Å²) in [5.74, 6) is -0.881. The first kappa shape index (κ1) is 21.7. The Hall–Kier alpha value is -2.63. The van der Waals surface area contributed by atoms with Crippen LogP contribution < -0.4 is 14.8 Å². The Labute approximate surface area is 168 Å². The van der Waals surface area contributed by atoms with Crippen molar-refractivity contribution in [3.8, 4) is 17.6 Å². The molecule has 0 heterocycles. The summed E-state index contributed by atoms with van der Waals surface area (Å²) in [4.78, 5) is 12.3.